The summed E-state index contributed by atoms with van der Waals surface area (Å²) >= 11 is 0. The molecule has 0 aliphatic carbocycles. The number of piperazine rings is 1. The van der Waals surface area contributed by atoms with Crippen LogP contribution in [0.4, 0.5) is 11.6 Å². The van der Waals surface area contributed by atoms with Crippen LogP contribution < -0.4 is 5.32 Å². The average Bonchev–Trinajstić information content (AvgIpc) is 3.17. The second kappa shape index (κ2) is 8.24. The molecule has 1 amide bonds. The minimum absolute atomic E-state index is 0.0711. The van der Waals surface area contributed by atoms with E-state index < -0.39 is 0 Å². The average molecular weight is 412 g/mol. The lowest BCUT2D eigenvalue weighted by molar-refractivity contribution is 0.0664. The van der Waals surface area contributed by atoms with Crippen LogP contribution >= 0.6 is 0 Å². The zero-order valence-corrected chi connectivity index (χ0v) is 17.5. The fourth-order valence-electron chi connectivity index (χ4n) is 3.98. The van der Waals surface area contributed by atoms with Gasteiger partial charge in [0, 0.05) is 43.1 Å². The van der Waals surface area contributed by atoms with Crippen molar-refractivity contribution in [2.75, 3.05) is 38.5 Å². The van der Waals surface area contributed by atoms with E-state index in [-0.39, 0.29) is 5.91 Å². The highest BCUT2D eigenvalue weighted by molar-refractivity contribution is 5.98. The number of hydrogen-bond acceptors (Lipinski definition) is 4. The number of amides is 1. The molecule has 1 saturated heterocycles. The molecule has 1 fully saturated rings. The van der Waals surface area contributed by atoms with Crippen molar-refractivity contribution >= 4 is 28.6 Å². The maximum atomic E-state index is 13.1. The number of carbonyl (C=O) groups excluding carboxylic acids is 1. The van der Waals surface area contributed by atoms with E-state index in [1.807, 2.05) is 71.6 Å². The number of hydrogen-bond donors (Lipinski definition) is 1. The summed E-state index contributed by atoms with van der Waals surface area (Å²) in [6.07, 6.45) is 0. The quantitative estimate of drug-likeness (QED) is 0.548. The van der Waals surface area contributed by atoms with Crippen LogP contribution in [0.1, 0.15) is 10.4 Å². The van der Waals surface area contributed by atoms with Gasteiger partial charge in [0.2, 0.25) is 5.95 Å². The lowest BCUT2D eigenvalue weighted by atomic mass is 10.1. The molecular weight excluding hydrogens is 386 g/mol. The van der Waals surface area contributed by atoms with E-state index in [2.05, 4.69) is 34.0 Å². The molecule has 0 bridgehead atoms. The molecule has 156 valence electrons. The van der Waals surface area contributed by atoms with E-state index in [0.29, 0.717) is 5.56 Å². The Hall–Kier alpha value is -3.64. The third-order valence-corrected chi connectivity index (χ3v) is 5.74. The van der Waals surface area contributed by atoms with Gasteiger partial charge < -0.3 is 15.1 Å². The molecule has 0 atom stereocenters. The topological polar surface area (TPSA) is 53.4 Å². The Balaban J connectivity index is 1.55. The third-order valence-electron chi connectivity index (χ3n) is 5.74. The summed E-state index contributed by atoms with van der Waals surface area (Å²) in [7, 11) is 2.09. The molecular formula is C25H25N5O. The first-order valence-corrected chi connectivity index (χ1v) is 10.6. The standard InChI is InChI=1S/C25H25N5O/c1-28-14-16-29(17-15-28)24(31)19-12-13-23-22(18-19)27-25(26-20-8-4-2-5-9-20)30(23)21-10-6-3-7-11-21/h2-13,18H,14-17H2,1H3,(H,26,27). The van der Waals surface area contributed by atoms with Gasteiger partial charge in [0.25, 0.3) is 5.91 Å². The minimum Gasteiger partial charge on any atom is -0.336 e. The van der Waals surface area contributed by atoms with E-state index >= 15 is 0 Å². The van der Waals surface area contributed by atoms with E-state index in [0.717, 1.165) is 54.5 Å². The van der Waals surface area contributed by atoms with Gasteiger partial charge in [-0.05, 0) is 49.5 Å². The second-order valence-electron chi connectivity index (χ2n) is 7.90. The summed E-state index contributed by atoms with van der Waals surface area (Å²) in [6, 6.07) is 25.9. The van der Waals surface area contributed by atoms with Crippen molar-refractivity contribution in [1.82, 2.24) is 19.4 Å². The molecule has 1 N–H and O–H groups in total. The van der Waals surface area contributed by atoms with Gasteiger partial charge in [-0.25, -0.2) is 4.98 Å². The van der Waals surface area contributed by atoms with Crippen molar-refractivity contribution in [2.45, 2.75) is 0 Å². The fourth-order valence-corrected chi connectivity index (χ4v) is 3.98. The number of aromatic nitrogens is 2. The SMILES string of the molecule is CN1CCN(C(=O)c2ccc3c(c2)nc(Nc2ccccc2)n3-c2ccccc2)CC1. The van der Waals surface area contributed by atoms with E-state index in [4.69, 9.17) is 4.98 Å². The first-order chi connectivity index (χ1) is 15.2. The molecule has 31 heavy (non-hydrogen) atoms. The molecule has 5 rings (SSSR count). The number of fused-ring (bicyclic) bond motifs is 1. The smallest absolute Gasteiger partial charge is 0.254 e. The molecule has 0 unspecified atom stereocenters. The molecule has 0 spiro atoms. The van der Waals surface area contributed by atoms with Crippen molar-refractivity contribution in [1.29, 1.82) is 0 Å². The van der Waals surface area contributed by atoms with E-state index in [9.17, 15) is 4.79 Å². The van der Waals surface area contributed by atoms with Crippen LogP contribution in [0.15, 0.2) is 78.9 Å². The van der Waals surface area contributed by atoms with Crippen molar-refractivity contribution < 1.29 is 4.79 Å². The lowest BCUT2D eigenvalue weighted by Gasteiger charge is -2.32. The van der Waals surface area contributed by atoms with Gasteiger partial charge in [-0.3, -0.25) is 9.36 Å². The van der Waals surface area contributed by atoms with E-state index in [1.165, 1.54) is 0 Å². The molecule has 1 aromatic heterocycles. The highest BCUT2D eigenvalue weighted by Gasteiger charge is 2.22. The summed E-state index contributed by atoms with van der Waals surface area (Å²) in [5.74, 6) is 0.790. The first-order valence-electron chi connectivity index (χ1n) is 10.6. The van der Waals surface area contributed by atoms with Crippen molar-refractivity contribution in [2.24, 2.45) is 0 Å². The number of rotatable bonds is 4. The van der Waals surface area contributed by atoms with Gasteiger partial charge in [0.15, 0.2) is 0 Å². The van der Waals surface area contributed by atoms with Crippen LogP contribution in [-0.2, 0) is 0 Å². The van der Waals surface area contributed by atoms with Crippen LogP contribution in [0, 0.1) is 0 Å². The monoisotopic (exact) mass is 411 g/mol. The second-order valence-corrected chi connectivity index (χ2v) is 7.90. The number of likely N-dealkylation sites (N-methyl/N-ethyl adjacent to an activating group) is 1. The lowest BCUT2D eigenvalue weighted by Crippen LogP contribution is -2.47. The highest BCUT2D eigenvalue weighted by atomic mass is 16.2. The molecule has 0 saturated carbocycles. The Morgan fingerprint density at radius 3 is 2.26 bits per heavy atom. The molecule has 1 aliphatic heterocycles. The summed E-state index contributed by atoms with van der Waals surface area (Å²) < 4.78 is 2.09. The minimum atomic E-state index is 0.0711. The Bertz CT molecular complexity index is 1190. The molecule has 4 aromatic rings. The van der Waals surface area contributed by atoms with Gasteiger partial charge in [-0.2, -0.15) is 0 Å². The molecule has 3 aromatic carbocycles. The van der Waals surface area contributed by atoms with Gasteiger partial charge >= 0.3 is 0 Å². The number of benzene rings is 3. The Kier molecular flexibility index (Phi) is 5.14. The molecule has 6 heteroatoms. The number of para-hydroxylation sites is 2. The highest BCUT2D eigenvalue weighted by Crippen LogP contribution is 2.28. The van der Waals surface area contributed by atoms with Gasteiger partial charge in [-0.1, -0.05) is 36.4 Å². The molecule has 0 radical (unpaired) electrons. The number of anilines is 2. The Morgan fingerprint density at radius 1 is 0.871 bits per heavy atom. The number of nitrogens with one attached hydrogen (secondary N) is 1. The van der Waals surface area contributed by atoms with Crippen molar-refractivity contribution in [3.05, 3.63) is 84.4 Å². The molecule has 1 aliphatic rings. The van der Waals surface area contributed by atoms with Crippen LogP contribution in [0.5, 0.6) is 0 Å². The Labute approximate surface area is 181 Å². The largest absolute Gasteiger partial charge is 0.336 e. The van der Waals surface area contributed by atoms with Gasteiger partial charge in [0.05, 0.1) is 11.0 Å². The van der Waals surface area contributed by atoms with E-state index in [1.54, 1.807) is 0 Å². The van der Waals surface area contributed by atoms with Gasteiger partial charge in [-0.15, -0.1) is 0 Å². The van der Waals surface area contributed by atoms with Gasteiger partial charge in [0.1, 0.15) is 0 Å². The molecule has 2 heterocycles. The maximum absolute atomic E-state index is 13.1. The van der Waals surface area contributed by atoms with Crippen LogP contribution in [0.2, 0.25) is 0 Å². The number of nitrogens with zero attached hydrogens (tertiary/aromatic N) is 4. The summed E-state index contributed by atoms with van der Waals surface area (Å²) in [4.78, 5) is 22.1. The zero-order valence-electron chi connectivity index (χ0n) is 17.5. The predicted molar refractivity (Wildman–Crippen MR) is 124 cm³/mol. The van der Waals surface area contributed by atoms with Crippen LogP contribution in [-0.4, -0.2) is 58.5 Å². The zero-order chi connectivity index (χ0) is 21.2. The fraction of sp³-hybridized carbons (Fsp3) is 0.200. The summed E-state index contributed by atoms with van der Waals surface area (Å²) in [5.41, 5.74) is 4.41. The predicted octanol–water partition coefficient (Wildman–Crippen LogP) is 4.16. The normalized spacial score (nSPS) is 14.7. The van der Waals surface area contributed by atoms with Crippen molar-refractivity contribution in [3.8, 4) is 5.69 Å². The first kappa shape index (κ1) is 19.3. The summed E-state index contributed by atoms with van der Waals surface area (Å²) in [6.45, 7) is 3.32. The van der Waals surface area contributed by atoms with Crippen LogP contribution in [0.3, 0.4) is 0 Å². The Morgan fingerprint density at radius 2 is 1.55 bits per heavy atom. The molecule has 6 nitrogen and oxygen atoms in total. The summed E-state index contributed by atoms with van der Waals surface area (Å²) in [5, 5.41) is 3.43. The maximum Gasteiger partial charge on any atom is 0.254 e. The number of carbonyl (C=O) groups is 1. The number of imidazole rings is 1. The van der Waals surface area contributed by atoms with Crippen LogP contribution in [0.25, 0.3) is 16.7 Å². The third kappa shape index (κ3) is 3.90. The van der Waals surface area contributed by atoms with Crippen molar-refractivity contribution in [3.63, 3.8) is 0 Å².